The molecular formula is C26H32ClNO3. The van der Waals surface area contributed by atoms with Crippen LogP contribution in [-0.4, -0.2) is 37.1 Å². The van der Waals surface area contributed by atoms with Crippen LogP contribution in [0.25, 0.3) is 0 Å². The Labute approximate surface area is 190 Å². The zero-order valence-corrected chi connectivity index (χ0v) is 19.3. The van der Waals surface area contributed by atoms with Crippen LogP contribution in [-0.2, 0) is 35.4 Å². The van der Waals surface area contributed by atoms with E-state index >= 15 is 0 Å². The Morgan fingerprint density at radius 2 is 1.90 bits per heavy atom. The fraction of sp³-hybridized carbons (Fsp3) is 0.500. The lowest BCUT2D eigenvalue weighted by atomic mass is 9.77. The lowest BCUT2D eigenvalue weighted by Crippen LogP contribution is -2.58. The molecule has 0 saturated carbocycles. The van der Waals surface area contributed by atoms with E-state index in [4.69, 9.17) is 21.1 Å². The number of rotatable bonds is 9. The van der Waals surface area contributed by atoms with E-state index in [1.807, 2.05) is 6.92 Å². The summed E-state index contributed by atoms with van der Waals surface area (Å²) in [4.78, 5) is 13.9. The molecule has 2 aliphatic rings. The van der Waals surface area contributed by atoms with Crippen LogP contribution in [0.2, 0.25) is 5.02 Å². The van der Waals surface area contributed by atoms with Crippen LogP contribution >= 0.6 is 11.6 Å². The lowest BCUT2D eigenvalue weighted by Gasteiger charge is -2.47. The van der Waals surface area contributed by atoms with Gasteiger partial charge in [-0.3, -0.25) is 9.69 Å². The van der Waals surface area contributed by atoms with Gasteiger partial charge in [0.05, 0.1) is 13.2 Å². The van der Waals surface area contributed by atoms with E-state index in [1.54, 1.807) is 0 Å². The summed E-state index contributed by atoms with van der Waals surface area (Å²) in [5.74, 6) is 0.769. The highest BCUT2D eigenvalue weighted by Gasteiger charge is 2.47. The molecule has 0 aromatic heterocycles. The van der Waals surface area contributed by atoms with E-state index in [1.165, 1.54) is 29.5 Å². The Balaban J connectivity index is 1.31. The molecule has 0 atom stereocenters. The standard InChI is InChI=1S/C26H32ClNO3/c1-3-5-6-19-7-8-21(24(27)11-19)16-31-23-10-9-20-13-26(14-22(20)12-23)17-28(18-26)15-25(29)30-4-2/h7-12H,3-6,13-18H2,1-2H3. The normalized spacial score (nSPS) is 16.7. The molecule has 1 spiro atoms. The molecule has 0 radical (unpaired) electrons. The zero-order chi connectivity index (χ0) is 21.8. The molecular weight excluding hydrogens is 410 g/mol. The number of halogens is 1. The van der Waals surface area contributed by atoms with Crippen molar-refractivity contribution in [3.05, 3.63) is 63.7 Å². The van der Waals surface area contributed by atoms with Crippen LogP contribution < -0.4 is 4.74 Å². The van der Waals surface area contributed by atoms with Crippen molar-refractivity contribution in [1.82, 2.24) is 4.90 Å². The van der Waals surface area contributed by atoms with Gasteiger partial charge in [-0.05, 0) is 67.5 Å². The Hall–Kier alpha value is -2.04. The number of hydrogen-bond donors (Lipinski definition) is 0. The molecule has 0 unspecified atom stereocenters. The largest absolute Gasteiger partial charge is 0.489 e. The Morgan fingerprint density at radius 3 is 2.65 bits per heavy atom. The summed E-state index contributed by atoms with van der Waals surface area (Å²) in [6.45, 7) is 7.28. The zero-order valence-electron chi connectivity index (χ0n) is 18.6. The summed E-state index contributed by atoms with van der Waals surface area (Å²) in [5.41, 5.74) is 5.35. The van der Waals surface area contributed by atoms with Gasteiger partial charge in [0.25, 0.3) is 0 Å². The molecule has 166 valence electrons. The summed E-state index contributed by atoms with van der Waals surface area (Å²) in [5, 5.41) is 0.782. The first kappa shape index (κ1) is 22.2. The summed E-state index contributed by atoms with van der Waals surface area (Å²) in [6, 6.07) is 12.8. The summed E-state index contributed by atoms with van der Waals surface area (Å²) >= 11 is 6.48. The van der Waals surface area contributed by atoms with Crippen molar-refractivity contribution >= 4 is 17.6 Å². The highest BCUT2D eigenvalue weighted by atomic mass is 35.5. The first-order chi connectivity index (χ1) is 15.0. The molecule has 1 heterocycles. The van der Waals surface area contributed by atoms with E-state index in [0.717, 1.165) is 48.7 Å². The number of carbonyl (C=O) groups excluding carboxylic acids is 1. The van der Waals surface area contributed by atoms with Gasteiger partial charge in [-0.1, -0.05) is 43.1 Å². The minimum Gasteiger partial charge on any atom is -0.489 e. The predicted octanol–water partition coefficient (Wildman–Crippen LogP) is 5.23. The SMILES string of the molecule is CCCCc1ccc(COc2ccc3c(c2)CC2(C3)CN(CC(=O)OCC)C2)c(Cl)c1. The predicted molar refractivity (Wildman–Crippen MR) is 124 cm³/mol. The smallest absolute Gasteiger partial charge is 0.320 e. The molecule has 2 aromatic rings. The first-order valence-corrected chi connectivity index (χ1v) is 11.8. The van der Waals surface area contributed by atoms with Crippen molar-refractivity contribution in [3.8, 4) is 5.75 Å². The van der Waals surface area contributed by atoms with Gasteiger partial charge in [0.1, 0.15) is 12.4 Å². The van der Waals surface area contributed by atoms with Crippen LogP contribution in [0, 0.1) is 5.41 Å². The van der Waals surface area contributed by atoms with Gasteiger partial charge >= 0.3 is 5.97 Å². The average molecular weight is 442 g/mol. The number of ether oxygens (including phenoxy) is 2. The molecule has 2 aromatic carbocycles. The van der Waals surface area contributed by atoms with E-state index in [9.17, 15) is 4.79 Å². The topological polar surface area (TPSA) is 38.8 Å². The summed E-state index contributed by atoms with van der Waals surface area (Å²) < 4.78 is 11.1. The van der Waals surface area contributed by atoms with Gasteiger partial charge in [0, 0.05) is 29.1 Å². The molecule has 4 nitrogen and oxygen atoms in total. The highest BCUT2D eigenvalue weighted by molar-refractivity contribution is 6.31. The number of likely N-dealkylation sites (tertiary alicyclic amines) is 1. The van der Waals surface area contributed by atoms with E-state index in [-0.39, 0.29) is 11.4 Å². The van der Waals surface area contributed by atoms with Gasteiger partial charge in [-0.25, -0.2) is 0 Å². The third-order valence-electron chi connectivity index (χ3n) is 6.42. The second kappa shape index (κ2) is 9.62. The molecule has 0 bridgehead atoms. The molecule has 4 rings (SSSR count). The number of fused-ring (bicyclic) bond motifs is 1. The highest BCUT2D eigenvalue weighted by Crippen LogP contribution is 2.44. The third-order valence-corrected chi connectivity index (χ3v) is 6.77. The molecule has 1 aliphatic heterocycles. The van der Waals surface area contributed by atoms with E-state index in [0.29, 0.717) is 19.8 Å². The van der Waals surface area contributed by atoms with Crippen molar-refractivity contribution in [3.63, 3.8) is 0 Å². The van der Waals surface area contributed by atoms with Crippen LogP contribution in [0.3, 0.4) is 0 Å². The van der Waals surface area contributed by atoms with Gasteiger partial charge in [0.15, 0.2) is 0 Å². The van der Waals surface area contributed by atoms with Crippen molar-refractivity contribution < 1.29 is 14.3 Å². The van der Waals surface area contributed by atoms with Gasteiger partial charge in [-0.15, -0.1) is 0 Å². The van der Waals surface area contributed by atoms with Gasteiger partial charge in [0.2, 0.25) is 0 Å². The monoisotopic (exact) mass is 441 g/mol. The van der Waals surface area contributed by atoms with Crippen molar-refractivity contribution in [2.24, 2.45) is 5.41 Å². The van der Waals surface area contributed by atoms with Gasteiger partial charge in [-0.2, -0.15) is 0 Å². The molecule has 0 N–H and O–H groups in total. The number of hydrogen-bond acceptors (Lipinski definition) is 4. The molecule has 1 fully saturated rings. The van der Waals surface area contributed by atoms with Crippen molar-refractivity contribution in [2.45, 2.75) is 52.6 Å². The summed E-state index contributed by atoms with van der Waals surface area (Å²) in [6.07, 6.45) is 5.56. The number of benzene rings is 2. The Bertz CT molecular complexity index is 936. The fourth-order valence-corrected chi connectivity index (χ4v) is 5.19. The van der Waals surface area contributed by atoms with Gasteiger partial charge < -0.3 is 9.47 Å². The quantitative estimate of drug-likeness (QED) is 0.500. The third kappa shape index (κ3) is 5.24. The maximum atomic E-state index is 11.7. The number of carbonyl (C=O) groups is 1. The second-order valence-corrected chi connectivity index (χ2v) is 9.46. The average Bonchev–Trinajstić information content (AvgIpc) is 3.10. The van der Waals surface area contributed by atoms with Crippen molar-refractivity contribution in [2.75, 3.05) is 26.2 Å². The molecule has 5 heteroatoms. The minimum absolute atomic E-state index is 0.124. The van der Waals surface area contributed by atoms with Crippen molar-refractivity contribution in [1.29, 1.82) is 0 Å². The Kier molecular flexibility index (Phi) is 6.88. The second-order valence-electron chi connectivity index (χ2n) is 9.05. The molecule has 31 heavy (non-hydrogen) atoms. The van der Waals surface area contributed by atoms with Crippen LogP contribution in [0.4, 0.5) is 0 Å². The van der Waals surface area contributed by atoms with E-state index in [2.05, 4.69) is 48.2 Å². The maximum Gasteiger partial charge on any atom is 0.320 e. The summed E-state index contributed by atoms with van der Waals surface area (Å²) in [7, 11) is 0. The number of nitrogens with zero attached hydrogens (tertiary/aromatic N) is 1. The first-order valence-electron chi connectivity index (χ1n) is 11.4. The minimum atomic E-state index is -0.124. The number of aryl methyl sites for hydroxylation is 1. The van der Waals surface area contributed by atoms with Crippen LogP contribution in [0.1, 0.15) is 48.9 Å². The molecule has 1 aliphatic carbocycles. The lowest BCUT2D eigenvalue weighted by molar-refractivity contribution is -0.147. The number of esters is 1. The fourth-order valence-electron chi connectivity index (χ4n) is 4.93. The van der Waals surface area contributed by atoms with Crippen LogP contribution in [0.15, 0.2) is 36.4 Å². The maximum absolute atomic E-state index is 11.7. The number of unbranched alkanes of at least 4 members (excludes halogenated alkanes) is 1. The molecule has 0 amide bonds. The molecule has 1 saturated heterocycles. The van der Waals surface area contributed by atoms with E-state index < -0.39 is 0 Å². The Morgan fingerprint density at radius 1 is 1.10 bits per heavy atom. The van der Waals surface area contributed by atoms with Crippen LogP contribution in [0.5, 0.6) is 5.75 Å².